The Morgan fingerprint density at radius 3 is 1.79 bits per heavy atom. The Labute approximate surface area is 144 Å². The van der Waals surface area contributed by atoms with E-state index in [2.05, 4.69) is 0 Å². The Bertz CT molecular complexity index is 421. The van der Waals surface area contributed by atoms with Crippen LogP contribution < -0.4 is 0 Å². The van der Waals surface area contributed by atoms with Crippen LogP contribution in [0.1, 0.15) is 60.8 Å². The molecule has 0 aliphatic heterocycles. The highest BCUT2D eigenvalue weighted by atomic mass is 16.7. The topological polar surface area (TPSA) is 88.1 Å². The number of ether oxygens (including phenoxy) is 4. The third kappa shape index (κ3) is 11.0. The van der Waals surface area contributed by atoms with Gasteiger partial charge in [-0.25, -0.2) is 0 Å². The van der Waals surface area contributed by atoms with Gasteiger partial charge in [-0.05, 0) is 41.0 Å². The van der Waals surface area contributed by atoms with Crippen molar-refractivity contribution in [1.82, 2.24) is 0 Å². The molecule has 0 aliphatic carbocycles. The summed E-state index contributed by atoms with van der Waals surface area (Å²) in [5, 5.41) is 0. The van der Waals surface area contributed by atoms with Gasteiger partial charge in [-0.3, -0.25) is 14.4 Å². The number of esters is 3. The molecule has 0 aromatic heterocycles. The standard InChI is InChI=1S/C17H30O7/c1-7-17(5,6)15(20)22-11-10-21-13(18)8-9-14(19)23-12-24-16(2,3)4/h7-12H2,1-6H3. The van der Waals surface area contributed by atoms with Gasteiger partial charge in [-0.2, -0.15) is 0 Å². The van der Waals surface area contributed by atoms with E-state index >= 15 is 0 Å². The van der Waals surface area contributed by atoms with Crippen LogP contribution in [0.3, 0.4) is 0 Å². The van der Waals surface area contributed by atoms with E-state index < -0.39 is 23.0 Å². The van der Waals surface area contributed by atoms with Gasteiger partial charge in [0, 0.05) is 0 Å². The SMILES string of the molecule is CCC(C)(C)C(=O)OCCOC(=O)CCC(=O)OCOC(C)(C)C. The molecule has 0 N–H and O–H groups in total. The van der Waals surface area contributed by atoms with Crippen molar-refractivity contribution in [3.63, 3.8) is 0 Å². The van der Waals surface area contributed by atoms with Crippen LogP contribution in [0, 0.1) is 5.41 Å². The van der Waals surface area contributed by atoms with E-state index in [0.717, 1.165) is 0 Å². The van der Waals surface area contributed by atoms with Crippen molar-refractivity contribution in [2.24, 2.45) is 5.41 Å². The Kier molecular flexibility index (Phi) is 9.58. The smallest absolute Gasteiger partial charge is 0.311 e. The van der Waals surface area contributed by atoms with Gasteiger partial charge in [-0.15, -0.1) is 0 Å². The number of hydrogen-bond acceptors (Lipinski definition) is 7. The van der Waals surface area contributed by atoms with E-state index in [4.69, 9.17) is 18.9 Å². The first-order valence-electron chi connectivity index (χ1n) is 8.10. The maximum absolute atomic E-state index is 11.7. The van der Waals surface area contributed by atoms with Gasteiger partial charge >= 0.3 is 17.9 Å². The molecule has 0 atom stereocenters. The third-order valence-electron chi connectivity index (χ3n) is 3.26. The molecule has 0 saturated carbocycles. The molecule has 7 nitrogen and oxygen atoms in total. The lowest BCUT2D eigenvalue weighted by Crippen LogP contribution is -2.27. The molecule has 0 heterocycles. The highest BCUT2D eigenvalue weighted by Gasteiger charge is 2.26. The summed E-state index contributed by atoms with van der Waals surface area (Å²) < 4.78 is 20.0. The molecular weight excluding hydrogens is 316 g/mol. The van der Waals surface area contributed by atoms with Gasteiger partial charge in [0.2, 0.25) is 0 Å². The highest BCUT2D eigenvalue weighted by molar-refractivity contribution is 5.77. The molecule has 0 spiro atoms. The van der Waals surface area contributed by atoms with Crippen LogP contribution in [0.25, 0.3) is 0 Å². The lowest BCUT2D eigenvalue weighted by molar-refractivity contribution is -0.168. The van der Waals surface area contributed by atoms with Crippen LogP contribution in [-0.2, 0) is 33.3 Å². The van der Waals surface area contributed by atoms with Crippen LogP contribution in [-0.4, -0.2) is 43.5 Å². The molecule has 0 fully saturated rings. The quantitative estimate of drug-likeness (QED) is 0.260. The van der Waals surface area contributed by atoms with E-state index in [1.807, 2.05) is 27.7 Å². The van der Waals surface area contributed by atoms with Crippen molar-refractivity contribution in [2.75, 3.05) is 20.0 Å². The summed E-state index contributed by atoms with van der Waals surface area (Å²) in [5.74, 6) is -1.41. The normalized spacial score (nSPS) is 11.8. The Hall–Kier alpha value is -1.63. The fraction of sp³-hybridized carbons (Fsp3) is 0.824. The van der Waals surface area contributed by atoms with Crippen molar-refractivity contribution in [3.05, 3.63) is 0 Å². The molecule has 140 valence electrons. The zero-order valence-corrected chi connectivity index (χ0v) is 15.6. The van der Waals surface area contributed by atoms with Gasteiger partial charge in [-0.1, -0.05) is 6.92 Å². The van der Waals surface area contributed by atoms with Crippen molar-refractivity contribution in [3.8, 4) is 0 Å². The molecule has 0 aromatic rings. The number of carbonyl (C=O) groups excluding carboxylic acids is 3. The van der Waals surface area contributed by atoms with Gasteiger partial charge in [0.05, 0.1) is 23.9 Å². The first-order valence-corrected chi connectivity index (χ1v) is 8.10. The van der Waals surface area contributed by atoms with Crippen LogP contribution >= 0.6 is 0 Å². The van der Waals surface area contributed by atoms with Crippen LogP contribution in [0.4, 0.5) is 0 Å². The number of carbonyl (C=O) groups is 3. The van der Waals surface area contributed by atoms with Crippen molar-refractivity contribution in [2.45, 2.75) is 66.4 Å². The zero-order valence-electron chi connectivity index (χ0n) is 15.6. The van der Waals surface area contributed by atoms with E-state index in [1.165, 1.54) is 0 Å². The molecular formula is C17H30O7. The average molecular weight is 346 g/mol. The lowest BCUT2D eigenvalue weighted by atomic mass is 9.91. The maximum Gasteiger partial charge on any atom is 0.311 e. The summed E-state index contributed by atoms with van der Waals surface area (Å²) in [6.45, 7) is 10.8. The predicted octanol–water partition coefficient (Wildman–Crippen LogP) is 2.61. The molecule has 0 saturated heterocycles. The lowest BCUT2D eigenvalue weighted by Gasteiger charge is -2.20. The second-order valence-electron chi connectivity index (χ2n) is 6.98. The molecule has 0 radical (unpaired) electrons. The van der Waals surface area contributed by atoms with E-state index in [1.54, 1.807) is 13.8 Å². The molecule has 0 amide bonds. The van der Waals surface area contributed by atoms with Gasteiger partial charge in [0.15, 0.2) is 6.79 Å². The second-order valence-corrected chi connectivity index (χ2v) is 6.98. The van der Waals surface area contributed by atoms with Crippen molar-refractivity contribution < 1.29 is 33.3 Å². The largest absolute Gasteiger partial charge is 0.462 e. The summed E-state index contributed by atoms with van der Waals surface area (Å²) in [6.07, 6.45) is 0.477. The Morgan fingerprint density at radius 1 is 0.792 bits per heavy atom. The molecule has 24 heavy (non-hydrogen) atoms. The Morgan fingerprint density at radius 2 is 1.29 bits per heavy atom. The third-order valence-corrected chi connectivity index (χ3v) is 3.26. The molecule has 0 bridgehead atoms. The summed E-state index contributed by atoms with van der Waals surface area (Å²) in [7, 11) is 0. The van der Waals surface area contributed by atoms with Crippen molar-refractivity contribution >= 4 is 17.9 Å². The molecule has 0 aliphatic rings. The minimum absolute atomic E-state index is 0.00211. The summed E-state index contributed by atoms with van der Waals surface area (Å²) >= 11 is 0. The monoisotopic (exact) mass is 346 g/mol. The minimum atomic E-state index is -0.553. The summed E-state index contributed by atoms with van der Waals surface area (Å²) in [5.41, 5.74) is -0.953. The maximum atomic E-state index is 11.7. The predicted molar refractivity (Wildman–Crippen MR) is 87.0 cm³/mol. The van der Waals surface area contributed by atoms with E-state index in [-0.39, 0.29) is 38.8 Å². The van der Waals surface area contributed by atoms with Crippen LogP contribution in [0.5, 0.6) is 0 Å². The molecule has 0 rings (SSSR count). The second kappa shape index (κ2) is 10.3. The molecule has 7 heteroatoms. The van der Waals surface area contributed by atoms with Crippen molar-refractivity contribution in [1.29, 1.82) is 0 Å². The summed E-state index contributed by atoms with van der Waals surface area (Å²) in [4.78, 5) is 34.6. The Balaban J connectivity index is 3.77. The molecule has 0 aromatic carbocycles. The van der Waals surface area contributed by atoms with Crippen LogP contribution in [0.15, 0.2) is 0 Å². The van der Waals surface area contributed by atoms with E-state index in [0.29, 0.717) is 6.42 Å². The minimum Gasteiger partial charge on any atom is -0.462 e. The highest BCUT2D eigenvalue weighted by Crippen LogP contribution is 2.21. The fourth-order valence-corrected chi connectivity index (χ4v) is 1.25. The van der Waals surface area contributed by atoms with Crippen LogP contribution in [0.2, 0.25) is 0 Å². The van der Waals surface area contributed by atoms with Gasteiger partial charge < -0.3 is 18.9 Å². The van der Waals surface area contributed by atoms with Gasteiger partial charge in [0.1, 0.15) is 13.2 Å². The average Bonchev–Trinajstić information content (AvgIpc) is 2.47. The zero-order chi connectivity index (χ0) is 18.8. The van der Waals surface area contributed by atoms with Gasteiger partial charge in [0.25, 0.3) is 0 Å². The first kappa shape index (κ1) is 22.4. The fourth-order valence-electron chi connectivity index (χ4n) is 1.25. The number of hydrogen-bond donors (Lipinski definition) is 0. The summed E-state index contributed by atoms with van der Waals surface area (Å²) in [6, 6.07) is 0. The first-order chi connectivity index (χ1) is 11.0. The van der Waals surface area contributed by atoms with E-state index in [9.17, 15) is 14.4 Å². The number of rotatable bonds is 10. The molecule has 0 unspecified atom stereocenters.